The largest absolute Gasteiger partial charge is 0.370 e. The Balaban J connectivity index is 2.11. The van der Waals surface area contributed by atoms with Crippen molar-refractivity contribution in [3.63, 3.8) is 0 Å². The maximum absolute atomic E-state index is 12.3. The van der Waals surface area contributed by atoms with E-state index in [1.807, 2.05) is 24.3 Å². The van der Waals surface area contributed by atoms with E-state index < -0.39 is 5.41 Å². The lowest BCUT2D eigenvalue weighted by atomic mass is 9.93. The molecule has 0 aliphatic carbocycles. The Kier molecular flexibility index (Phi) is 4.46. The minimum Gasteiger partial charge on any atom is -0.370 e. The van der Waals surface area contributed by atoms with Gasteiger partial charge in [-0.2, -0.15) is 5.26 Å². The second-order valence-electron chi connectivity index (χ2n) is 5.40. The summed E-state index contributed by atoms with van der Waals surface area (Å²) in [5, 5.41) is 9.07. The van der Waals surface area contributed by atoms with Gasteiger partial charge in [-0.15, -0.1) is 0 Å². The van der Waals surface area contributed by atoms with Crippen LogP contribution < -0.4 is 0 Å². The van der Waals surface area contributed by atoms with Crippen LogP contribution in [0.25, 0.3) is 0 Å². The third-order valence-corrected chi connectivity index (χ3v) is 3.94. The molecule has 1 aliphatic rings. The van der Waals surface area contributed by atoms with Gasteiger partial charge in [0.2, 0.25) is 5.91 Å². The maximum Gasteiger partial charge on any atom is 0.242 e. The van der Waals surface area contributed by atoms with Crippen LogP contribution in [0.3, 0.4) is 0 Å². The second kappa shape index (κ2) is 5.94. The fourth-order valence-electron chi connectivity index (χ4n) is 2.16. The van der Waals surface area contributed by atoms with Crippen molar-refractivity contribution in [2.24, 2.45) is 5.41 Å². The molecule has 20 heavy (non-hydrogen) atoms. The summed E-state index contributed by atoms with van der Waals surface area (Å²) in [6.45, 7) is 4.83. The summed E-state index contributed by atoms with van der Waals surface area (Å²) in [7, 11) is 0. The van der Waals surface area contributed by atoms with Gasteiger partial charge in [-0.1, -0.05) is 28.1 Å². The topological polar surface area (TPSA) is 53.3 Å². The predicted octanol–water partition coefficient (Wildman–Crippen LogP) is 2.90. The van der Waals surface area contributed by atoms with Gasteiger partial charge in [-0.05, 0) is 31.5 Å². The van der Waals surface area contributed by atoms with Gasteiger partial charge < -0.3 is 9.64 Å². The Labute approximate surface area is 127 Å². The van der Waals surface area contributed by atoms with Crippen molar-refractivity contribution in [1.82, 2.24) is 4.90 Å². The van der Waals surface area contributed by atoms with Crippen LogP contribution in [0.2, 0.25) is 0 Å². The van der Waals surface area contributed by atoms with E-state index in [9.17, 15) is 4.79 Å². The van der Waals surface area contributed by atoms with E-state index >= 15 is 0 Å². The number of hydrogen-bond donors (Lipinski definition) is 0. The van der Waals surface area contributed by atoms with E-state index in [0.29, 0.717) is 19.7 Å². The molecule has 0 aromatic heterocycles. The highest BCUT2D eigenvalue weighted by Gasteiger charge is 2.35. The summed E-state index contributed by atoms with van der Waals surface area (Å²) in [4.78, 5) is 14.0. The Bertz CT molecular complexity index is 534. The zero-order valence-electron chi connectivity index (χ0n) is 11.6. The van der Waals surface area contributed by atoms with Crippen LogP contribution in [0.5, 0.6) is 0 Å². The fraction of sp³-hybridized carbons (Fsp3) is 0.467. The van der Waals surface area contributed by atoms with E-state index in [1.54, 1.807) is 18.7 Å². The van der Waals surface area contributed by atoms with Gasteiger partial charge in [0.25, 0.3) is 0 Å². The number of ether oxygens (including phenoxy) is 1. The number of benzene rings is 1. The Morgan fingerprint density at radius 2 is 2.10 bits per heavy atom. The lowest BCUT2D eigenvalue weighted by molar-refractivity contribution is -0.145. The van der Waals surface area contributed by atoms with Gasteiger partial charge in [0.1, 0.15) is 11.5 Å². The maximum atomic E-state index is 12.3. The highest BCUT2D eigenvalue weighted by Crippen LogP contribution is 2.26. The molecule has 1 fully saturated rings. The van der Waals surface area contributed by atoms with Crippen molar-refractivity contribution < 1.29 is 9.53 Å². The lowest BCUT2D eigenvalue weighted by Gasteiger charge is -2.35. The molecule has 0 spiro atoms. The SMILES string of the molecule is CC(C)(C#N)C(=O)N1CCO[C@H](c2ccc(Br)cc2)C1. The third kappa shape index (κ3) is 3.20. The summed E-state index contributed by atoms with van der Waals surface area (Å²) < 4.78 is 6.75. The van der Waals surface area contributed by atoms with Gasteiger partial charge in [-0.25, -0.2) is 0 Å². The lowest BCUT2D eigenvalue weighted by Crippen LogP contribution is -2.47. The number of halogens is 1. The predicted molar refractivity (Wildman–Crippen MR) is 78.8 cm³/mol. The number of carbonyl (C=O) groups is 1. The molecule has 106 valence electrons. The van der Waals surface area contributed by atoms with E-state index in [4.69, 9.17) is 10.00 Å². The number of rotatable bonds is 2. The molecule has 0 N–H and O–H groups in total. The van der Waals surface area contributed by atoms with Crippen molar-refractivity contribution in [3.8, 4) is 6.07 Å². The van der Waals surface area contributed by atoms with Crippen LogP contribution in [-0.4, -0.2) is 30.5 Å². The van der Waals surface area contributed by atoms with E-state index in [0.717, 1.165) is 10.0 Å². The smallest absolute Gasteiger partial charge is 0.242 e. The van der Waals surface area contributed by atoms with Crippen LogP contribution in [0, 0.1) is 16.7 Å². The van der Waals surface area contributed by atoms with Gasteiger partial charge in [0.15, 0.2) is 0 Å². The number of amides is 1. The van der Waals surface area contributed by atoms with E-state index in [2.05, 4.69) is 22.0 Å². The molecule has 1 aromatic carbocycles. The van der Waals surface area contributed by atoms with Gasteiger partial charge in [0.05, 0.1) is 19.2 Å². The quantitative estimate of drug-likeness (QED) is 0.834. The molecule has 2 rings (SSSR count). The van der Waals surface area contributed by atoms with Crippen LogP contribution in [0.1, 0.15) is 25.5 Å². The minimum absolute atomic E-state index is 0.129. The molecule has 1 aromatic rings. The van der Waals surface area contributed by atoms with Crippen LogP contribution in [-0.2, 0) is 9.53 Å². The van der Waals surface area contributed by atoms with Crippen molar-refractivity contribution in [3.05, 3.63) is 34.3 Å². The summed E-state index contributed by atoms with van der Waals surface area (Å²) in [6.07, 6.45) is -0.129. The Morgan fingerprint density at radius 3 is 2.70 bits per heavy atom. The van der Waals surface area contributed by atoms with Gasteiger partial charge >= 0.3 is 0 Å². The molecule has 1 amide bonds. The van der Waals surface area contributed by atoms with Crippen molar-refractivity contribution >= 4 is 21.8 Å². The highest BCUT2D eigenvalue weighted by molar-refractivity contribution is 9.10. The monoisotopic (exact) mass is 336 g/mol. The van der Waals surface area contributed by atoms with E-state index in [1.165, 1.54) is 0 Å². The first kappa shape index (κ1) is 15.0. The molecule has 0 bridgehead atoms. The molecule has 1 atom stereocenters. The molecule has 0 radical (unpaired) electrons. The average molecular weight is 337 g/mol. The summed E-state index contributed by atoms with van der Waals surface area (Å²) in [6, 6.07) is 9.94. The first-order valence-corrected chi connectivity index (χ1v) is 7.31. The molecule has 1 saturated heterocycles. The van der Waals surface area contributed by atoms with Crippen molar-refractivity contribution in [2.45, 2.75) is 20.0 Å². The third-order valence-electron chi connectivity index (χ3n) is 3.41. The fourth-order valence-corrected chi connectivity index (χ4v) is 2.42. The number of nitriles is 1. The molecular weight excluding hydrogens is 320 g/mol. The number of carbonyl (C=O) groups excluding carboxylic acids is 1. The Morgan fingerprint density at radius 1 is 1.45 bits per heavy atom. The normalized spacial score (nSPS) is 19.5. The Hall–Kier alpha value is -1.38. The van der Waals surface area contributed by atoms with Crippen molar-refractivity contribution in [2.75, 3.05) is 19.7 Å². The molecule has 5 heteroatoms. The molecule has 4 nitrogen and oxygen atoms in total. The second-order valence-corrected chi connectivity index (χ2v) is 6.31. The van der Waals surface area contributed by atoms with Gasteiger partial charge in [-0.3, -0.25) is 4.79 Å². The first-order chi connectivity index (χ1) is 9.44. The summed E-state index contributed by atoms with van der Waals surface area (Å²) >= 11 is 3.40. The standard InChI is InChI=1S/C15H17BrN2O2/c1-15(2,10-17)14(19)18-7-8-20-13(9-18)11-3-5-12(16)6-4-11/h3-6,13H,7-9H2,1-2H3/t13-/m0/s1. The van der Waals surface area contributed by atoms with Crippen LogP contribution >= 0.6 is 15.9 Å². The average Bonchev–Trinajstić information content (AvgIpc) is 2.47. The molecule has 1 aliphatic heterocycles. The zero-order valence-corrected chi connectivity index (χ0v) is 13.2. The van der Waals surface area contributed by atoms with E-state index in [-0.39, 0.29) is 12.0 Å². The summed E-state index contributed by atoms with van der Waals surface area (Å²) in [5.41, 5.74) is 0.0576. The molecule has 1 heterocycles. The minimum atomic E-state index is -0.985. The zero-order chi connectivity index (χ0) is 14.8. The highest BCUT2D eigenvalue weighted by atomic mass is 79.9. The first-order valence-electron chi connectivity index (χ1n) is 6.52. The molecule has 0 unspecified atom stereocenters. The van der Waals surface area contributed by atoms with Gasteiger partial charge in [0, 0.05) is 11.0 Å². The van der Waals surface area contributed by atoms with Crippen LogP contribution in [0.15, 0.2) is 28.7 Å². The molecule has 0 saturated carbocycles. The van der Waals surface area contributed by atoms with Crippen LogP contribution in [0.4, 0.5) is 0 Å². The number of morpholine rings is 1. The molecular formula is C15H17BrN2O2. The van der Waals surface area contributed by atoms with Crippen molar-refractivity contribution in [1.29, 1.82) is 5.26 Å². The number of nitrogens with zero attached hydrogens (tertiary/aromatic N) is 2. The summed E-state index contributed by atoms with van der Waals surface area (Å²) in [5.74, 6) is -0.134. The number of hydrogen-bond acceptors (Lipinski definition) is 3.